The van der Waals surface area contributed by atoms with Crippen molar-refractivity contribution in [2.75, 3.05) is 13.2 Å². The van der Waals surface area contributed by atoms with Crippen molar-refractivity contribution < 1.29 is 29.4 Å². The molecule has 1 aromatic heterocycles. The first-order valence-electron chi connectivity index (χ1n) is 12.2. The van der Waals surface area contributed by atoms with Gasteiger partial charge in [0.05, 0.1) is 6.61 Å². The number of rotatable bonds is 11. The van der Waals surface area contributed by atoms with E-state index in [1.807, 2.05) is 38.1 Å². The fourth-order valence-electron chi connectivity index (χ4n) is 4.54. The minimum absolute atomic E-state index is 0.0316. The molecule has 4 atom stereocenters. The van der Waals surface area contributed by atoms with Gasteiger partial charge in [-0.2, -0.15) is 0 Å². The first-order valence-corrected chi connectivity index (χ1v) is 12.2. The maximum atomic E-state index is 13.6. The molecule has 3 amide bonds. The largest absolute Gasteiger partial charge is 0.480 e. The minimum Gasteiger partial charge on any atom is -0.480 e. The molecule has 1 aromatic carbocycles. The van der Waals surface area contributed by atoms with E-state index in [9.17, 15) is 29.4 Å². The lowest BCUT2D eigenvalue weighted by atomic mass is 10.00. The highest BCUT2D eigenvalue weighted by atomic mass is 16.4. The summed E-state index contributed by atoms with van der Waals surface area (Å²) in [6.45, 7) is 3.48. The smallest absolute Gasteiger partial charge is 0.326 e. The van der Waals surface area contributed by atoms with Crippen LogP contribution in [-0.2, 0) is 25.6 Å². The molecule has 2 aromatic rings. The van der Waals surface area contributed by atoms with Crippen molar-refractivity contribution in [3.05, 3.63) is 36.0 Å². The quantitative estimate of drug-likeness (QED) is 0.253. The van der Waals surface area contributed by atoms with E-state index in [1.54, 1.807) is 6.20 Å². The Balaban J connectivity index is 1.88. The summed E-state index contributed by atoms with van der Waals surface area (Å²) in [4.78, 5) is 55.4. The van der Waals surface area contributed by atoms with E-state index >= 15 is 0 Å². The van der Waals surface area contributed by atoms with Gasteiger partial charge < -0.3 is 36.5 Å². The molecule has 7 N–H and O–H groups in total. The average Bonchev–Trinajstić information content (AvgIpc) is 3.49. The third-order valence-corrected chi connectivity index (χ3v) is 6.41. The SMILES string of the molecule is CC(C)CC(NC(=O)C(N)CO)C(=O)NC(Cc1c[nH]c2ccccc12)C(=O)N1CCCC1C(=O)O. The highest BCUT2D eigenvalue weighted by Gasteiger charge is 2.38. The maximum Gasteiger partial charge on any atom is 0.326 e. The number of benzene rings is 1. The zero-order valence-corrected chi connectivity index (χ0v) is 20.6. The Morgan fingerprint density at radius 1 is 1.14 bits per heavy atom. The highest BCUT2D eigenvalue weighted by Crippen LogP contribution is 2.23. The number of nitrogens with one attached hydrogen (secondary N) is 3. The number of aromatic nitrogens is 1. The Labute approximate surface area is 209 Å². The Kier molecular flexibility index (Phi) is 9.05. The van der Waals surface area contributed by atoms with Crippen LogP contribution in [0, 0.1) is 5.92 Å². The summed E-state index contributed by atoms with van der Waals surface area (Å²) in [5, 5.41) is 25.0. The number of fused-ring (bicyclic) bond motifs is 1. The maximum absolute atomic E-state index is 13.6. The molecule has 0 saturated carbocycles. The number of para-hydroxylation sites is 1. The van der Waals surface area contributed by atoms with E-state index in [-0.39, 0.29) is 25.3 Å². The van der Waals surface area contributed by atoms with Crippen molar-refractivity contribution >= 4 is 34.6 Å². The normalized spacial score (nSPS) is 18.1. The van der Waals surface area contributed by atoms with Crippen LogP contribution in [0.4, 0.5) is 0 Å². The number of carboxylic acids is 1. The zero-order valence-electron chi connectivity index (χ0n) is 20.6. The number of aliphatic hydroxyl groups is 1. The molecule has 0 bridgehead atoms. The van der Waals surface area contributed by atoms with Gasteiger partial charge in [-0.1, -0.05) is 32.0 Å². The molecule has 1 aliphatic heterocycles. The zero-order chi connectivity index (χ0) is 26.4. The summed E-state index contributed by atoms with van der Waals surface area (Å²) >= 11 is 0. The molecule has 0 spiro atoms. The molecule has 11 nitrogen and oxygen atoms in total. The number of aliphatic carboxylic acids is 1. The van der Waals surface area contributed by atoms with E-state index in [0.717, 1.165) is 16.5 Å². The minimum atomic E-state index is -1.18. The lowest BCUT2D eigenvalue weighted by Gasteiger charge is -2.29. The van der Waals surface area contributed by atoms with Crippen molar-refractivity contribution in [1.29, 1.82) is 0 Å². The number of hydrogen-bond donors (Lipinski definition) is 6. The lowest BCUT2D eigenvalue weighted by molar-refractivity contribution is -0.149. The summed E-state index contributed by atoms with van der Waals surface area (Å²) in [5.74, 6) is -2.79. The average molecular weight is 502 g/mol. The van der Waals surface area contributed by atoms with Gasteiger partial charge in [-0.25, -0.2) is 4.79 Å². The lowest BCUT2D eigenvalue weighted by Crippen LogP contribution is -2.58. The number of carbonyl (C=O) groups is 4. The number of nitrogens with zero attached hydrogens (tertiary/aromatic N) is 1. The van der Waals surface area contributed by atoms with Crippen molar-refractivity contribution in [1.82, 2.24) is 20.5 Å². The van der Waals surface area contributed by atoms with Crippen molar-refractivity contribution in [3.63, 3.8) is 0 Å². The monoisotopic (exact) mass is 501 g/mol. The van der Waals surface area contributed by atoms with Crippen molar-refractivity contribution in [2.45, 2.75) is 63.7 Å². The molecule has 3 rings (SSSR count). The first-order chi connectivity index (χ1) is 17.1. The van der Waals surface area contributed by atoms with Crippen molar-refractivity contribution in [2.24, 2.45) is 11.7 Å². The van der Waals surface area contributed by atoms with Gasteiger partial charge in [-0.3, -0.25) is 14.4 Å². The Hall–Kier alpha value is -3.44. The standard InChI is InChI=1S/C25H35N5O6/c1-14(2)10-19(28-22(32)17(26)13-31)23(33)29-20(24(34)30-9-5-8-21(30)25(35)36)11-15-12-27-18-7-4-3-6-16(15)18/h3-4,6-7,12,14,17,19-21,27,31H,5,8-11,13,26H2,1-2H3,(H,28,32)(H,29,33)(H,35,36). The number of aliphatic hydroxyl groups excluding tert-OH is 1. The second-order valence-electron chi connectivity index (χ2n) is 9.63. The summed E-state index contributed by atoms with van der Waals surface area (Å²) in [6.07, 6.45) is 3.09. The topological polar surface area (TPSA) is 178 Å². The van der Waals surface area contributed by atoms with Crippen molar-refractivity contribution in [3.8, 4) is 0 Å². The van der Waals surface area contributed by atoms with Crippen LogP contribution >= 0.6 is 0 Å². The second-order valence-corrected chi connectivity index (χ2v) is 9.63. The van der Waals surface area contributed by atoms with Gasteiger partial charge >= 0.3 is 5.97 Å². The molecule has 0 aliphatic carbocycles. The molecule has 1 aliphatic rings. The second kappa shape index (κ2) is 12.0. The molecule has 1 fully saturated rings. The van der Waals surface area contributed by atoms with Crippen LogP contribution in [0.3, 0.4) is 0 Å². The van der Waals surface area contributed by atoms with Gasteiger partial charge in [-0.15, -0.1) is 0 Å². The Morgan fingerprint density at radius 3 is 2.50 bits per heavy atom. The van der Waals surface area contributed by atoms with Crippen LogP contribution in [0.5, 0.6) is 0 Å². The van der Waals surface area contributed by atoms with E-state index in [1.165, 1.54) is 4.90 Å². The third kappa shape index (κ3) is 6.41. The van der Waals surface area contributed by atoms with E-state index in [2.05, 4.69) is 15.6 Å². The fourth-order valence-corrected chi connectivity index (χ4v) is 4.54. The molecule has 2 heterocycles. The van der Waals surface area contributed by atoms with Crippen LogP contribution in [0.15, 0.2) is 30.5 Å². The Bertz CT molecular complexity index is 1100. The highest BCUT2D eigenvalue weighted by molar-refractivity contribution is 5.95. The molecule has 4 unspecified atom stereocenters. The van der Waals surface area contributed by atoms with Gasteiger partial charge in [0.2, 0.25) is 17.7 Å². The summed E-state index contributed by atoms with van der Waals surface area (Å²) in [6, 6.07) is 3.38. The van der Waals surface area contributed by atoms with Crippen LogP contribution in [0.2, 0.25) is 0 Å². The predicted molar refractivity (Wildman–Crippen MR) is 133 cm³/mol. The molecule has 0 radical (unpaired) electrons. The molecule has 196 valence electrons. The summed E-state index contributed by atoms with van der Waals surface area (Å²) < 4.78 is 0. The van der Waals surface area contributed by atoms with Crippen LogP contribution in [0.25, 0.3) is 10.9 Å². The number of carbonyl (C=O) groups excluding carboxylic acids is 3. The van der Waals surface area contributed by atoms with E-state index in [0.29, 0.717) is 12.8 Å². The number of likely N-dealkylation sites (tertiary alicyclic amines) is 1. The Morgan fingerprint density at radius 2 is 1.83 bits per heavy atom. The van der Waals surface area contributed by atoms with Gasteiger partial charge in [0.1, 0.15) is 24.2 Å². The molecular weight excluding hydrogens is 466 g/mol. The first kappa shape index (κ1) is 27.2. The number of carboxylic acid groups (broad SMARTS) is 1. The number of nitrogens with two attached hydrogens (primary N) is 1. The van der Waals surface area contributed by atoms with Gasteiger partial charge in [-0.05, 0) is 36.8 Å². The summed E-state index contributed by atoms with van der Waals surface area (Å²) in [7, 11) is 0. The summed E-state index contributed by atoms with van der Waals surface area (Å²) in [5.41, 5.74) is 7.27. The van der Waals surface area contributed by atoms with Crippen LogP contribution in [0.1, 0.15) is 38.7 Å². The van der Waals surface area contributed by atoms with Crippen LogP contribution in [-0.4, -0.2) is 81.1 Å². The number of hydrogen-bond acceptors (Lipinski definition) is 6. The molecule has 36 heavy (non-hydrogen) atoms. The van der Waals surface area contributed by atoms with Gasteiger partial charge in [0.15, 0.2) is 0 Å². The third-order valence-electron chi connectivity index (χ3n) is 6.41. The molecule has 11 heteroatoms. The van der Waals surface area contributed by atoms with Gasteiger partial charge in [0.25, 0.3) is 0 Å². The van der Waals surface area contributed by atoms with Gasteiger partial charge in [0, 0.05) is 30.1 Å². The number of amides is 3. The predicted octanol–water partition coefficient (Wildman–Crippen LogP) is 0.121. The van der Waals surface area contributed by atoms with Crippen LogP contribution < -0.4 is 16.4 Å². The number of H-pyrrole nitrogens is 1. The fraction of sp³-hybridized carbons (Fsp3) is 0.520. The number of aromatic amines is 1. The van der Waals surface area contributed by atoms with E-state index in [4.69, 9.17) is 5.73 Å². The molecular formula is C25H35N5O6. The molecule has 1 saturated heterocycles. The van der Waals surface area contributed by atoms with E-state index < -0.39 is 54.5 Å².